The van der Waals surface area contributed by atoms with Gasteiger partial charge in [-0.05, 0) is 27.7 Å². The molecule has 149 valence electrons. The maximum atomic E-state index is 8.03. The van der Waals surface area contributed by atoms with Gasteiger partial charge >= 0.3 is 16.8 Å². The molecular formula is C14H28ClCoN5O4. The summed E-state index contributed by atoms with van der Waals surface area (Å²) in [5.41, 5.74) is 1.25. The first-order valence-corrected chi connectivity index (χ1v) is 7.63. The average molecular weight is 425 g/mol. The number of rotatable bonds is 2. The third kappa shape index (κ3) is 22.6. The Kier molecular flexibility index (Phi) is 31.3. The van der Waals surface area contributed by atoms with Crippen molar-refractivity contribution in [3.05, 3.63) is 11.7 Å². The van der Waals surface area contributed by atoms with E-state index in [1.54, 1.807) is 0 Å². The first kappa shape index (κ1) is 31.4. The molecule has 0 atom stereocenters. The summed E-state index contributed by atoms with van der Waals surface area (Å²) in [7, 11) is 0. The molecule has 4 N–H and O–H groups in total. The fourth-order valence-corrected chi connectivity index (χ4v) is 1.03. The van der Waals surface area contributed by atoms with Crippen LogP contribution in [0.1, 0.15) is 47.0 Å². The van der Waals surface area contributed by atoms with Crippen molar-refractivity contribution in [2.24, 2.45) is 20.6 Å². The van der Waals surface area contributed by atoms with E-state index in [2.05, 4.69) is 43.9 Å². The van der Waals surface area contributed by atoms with Crippen molar-refractivity contribution < 1.29 is 37.6 Å². The summed E-state index contributed by atoms with van der Waals surface area (Å²) in [4.78, 5) is 0. The van der Waals surface area contributed by atoms with Crippen LogP contribution in [0.4, 0.5) is 0 Å². The van der Waals surface area contributed by atoms with Crippen LogP contribution in [0.2, 0.25) is 0 Å². The normalized spacial score (nSPS) is 15.1. The van der Waals surface area contributed by atoms with Gasteiger partial charge in [-0.2, -0.15) is 0 Å². The second-order valence-corrected chi connectivity index (χ2v) is 4.47. The molecule has 11 heteroatoms. The molecule has 1 saturated heterocycles. The molecule has 9 nitrogen and oxygen atoms in total. The summed E-state index contributed by atoms with van der Waals surface area (Å²) >= 11 is 4.39. The molecule has 0 aromatic carbocycles. The zero-order valence-corrected chi connectivity index (χ0v) is 16.8. The molecule has 1 rings (SSSR count). The smallest absolute Gasteiger partial charge is 0.662 e. The number of piperidine rings is 1. The van der Waals surface area contributed by atoms with Gasteiger partial charge in [-0.15, -0.1) is 13.1 Å². The Balaban J connectivity index is -0.000000124. The van der Waals surface area contributed by atoms with Gasteiger partial charge < -0.3 is 37.7 Å². The Morgan fingerprint density at radius 1 is 0.680 bits per heavy atom. The van der Waals surface area contributed by atoms with Crippen LogP contribution in [0.25, 0.3) is 5.32 Å². The predicted molar refractivity (Wildman–Crippen MR) is 97.7 cm³/mol. The first-order valence-electron chi connectivity index (χ1n) is 7.09. The maximum absolute atomic E-state index is 8.03. The largest absolute Gasteiger partial charge is 2.00 e. The van der Waals surface area contributed by atoms with Gasteiger partial charge in [0.05, 0.1) is 0 Å². The first-order chi connectivity index (χ1) is 11.4. The third-order valence-corrected chi connectivity index (χ3v) is 2.78. The van der Waals surface area contributed by atoms with E-state index in [0.717, 1.165) is 13.1 Å². The summed E-state index contributed by atoms with van der Waals surface area (Å²) in [6.45, 7) is 8.40. The number of halogens is 1. The molecular weight excluding hydrogens is 397 g/mol. The summed E-state index contributed by atoms with van der Waals surface area (Å²) < 4.78 is 0. The minimum atomic E-state index is 0. The topological polar surface area (TPSA) is 144 Å². The van der Waals surface area contributed by atoms with Gasteiger partial charge in [-0.3, -0.25) is 6.38 Å². The summed E-state index contributed by atoms with van der Waals surface area (Å²) in [6.07, 6.45) is 6.80. The molecule has 1 fully saturated rings. The van der Waals surface area contributed by atoms with Crippen molar-refractivity contribution >= 4 is 34.4 Å². The van der Waals surface area contributed by atoms with Crippen LogP contribution in [-0.4, -0.2) is 56.8 Å². The van der Waals surface area contributed by atoms with E-state index >= 15 is 0 Å². The van der Waals surface area contributed by atoms with Crippen molar-refractivity contribution in [1.82, 2.24) is 0 Å². The molecule has 0 aromatic heterocycles. The van der Waals surface area contributed by atoms with E-state index in [9.17, 15) is 0 Å². The van der Waals surface area contributed by atoms with Gasteiger partial charge in [-0.1, -0.05) is 39.9 Å². The van der Waals surface area contributed by atoms with Crippen LogP contribution in [0, 0.1) is 6.38 Å². The van der Waals surface area contributed by atoms with Gasteiger partial charge in [0.2, 0.25) is 0 Å². The van der Waals surface area contributed by atoms with Crippen LogP contribution in [0.3, 0.4) is 0 Å². The summed E-state index contributed by atoms with van der Waals surface area (Å²) in [6, 6.07) is 0. The standard InChI is InChI=1S/C5H10N.2C4H8N2O2.CH2Cl.Co/c1-2-4-6-5-3-1;2*1-3(5-7)4(2)6-8;1-2;/h1-5H2;2*7-8H,1-2H3;1H2;/q-1;;;-1;+2/b;2*5-3+,6-4+;;. The van der Waals surface area contributed by atoms with E-state index < -0.39 is 0 Å². The van der Waals surface area contributed by atoms with E-state index in [4.69, 9.17) is 20.8 Å². The van der Waals surface area contributed by atoms with E-state index in [1.165, 1.54) is 47.0 Å². The van der Waals surface area contributed by atoms with Crippen LogP contribution in [0.15, 0.2) is 20.6 Å². The zero-order valence-electron chi connectivity index (χ0n) is 15.0. The summed E-state index contributed by atoms with van der Waals surface area (Å²) in [5.74, 6) is 0. The minimum Gasteiger partial charge on any atom is -0.662 e. The van der Waals surface area contributed by atoms with Gasteiger partial charge in [0, 0.05) is 0 Å². The van der Waals surface area contributed by atoms with Crippen molar-refractivity contribution in [2.75, 3.05) is 13.1 Å². The van der Waals surface area contributed by atoms with Crippen molar-refractivity contribution in [1.29, 1.82) is 0 Å². The van der Waals surface area contributed by atoms with Crippen LogP contribution in [0.5, 0.6) is 0 Å². The van der Waals surface area contributed by atoms with E-state index in [1.807, 2.05) is 0 Å². The molecule has 0 bridgehead atoms. The summed E-state index contributed by atoms with van der Waals surface area (Å²) in [5, 5.41) is 47.4. The van der Waals surface area contributed by atoms with Crippen LogP contribution < -0.4 is 0 Å². The number of hydrogen-bond acceptors (Lipinski definition) is 8. The van der Waals surface area contributed by atoms with Gasteiger partial charge in [0.1, 0.15) is 22.8 Å². The van der Waals surface area contributed by atoms with Gasteiger partial charge in [0.25, 0.3) is 0 Å². The van der Waals surface area contributed by atoms with E-state index in [0.29, 0.717) is 22.8 Å². The van der Waals surface area contributed by atoms with Crippen LogP contribution in [-0.2, 0) is 16.8 Å². The Hall–Kier alpha value is -1.36. The second kappa shape index (κ2) is 24.9. The quantitative estimate of drug-likeness (QED) is 0.230. The predicted octanol–water partition coefficient (Wildman–Crippen LogP) is 3.93. The molecule has 1 radical (unpaired) electrons. The minimum absolute atomic E-state index is 0. The Morgan fingerprint density at radius 2 is 0.920 bits per heavy atom. The fraction of sp³-hybridized carbons (Fsp3) is 0.643. The Morgan fingerprint density at radius 3 is 1.00 bits per heavy atom. The number of oxime groups is 4. The van der Waals surface area contributed by atoms with Gasteiger partial charge in [0.15, 0.2) is 0 Å². The SMILES string of the molecule is C1CC[N-]CC1.CC(=N\O)/C(C)=N/O.CC(=N\O)/C(C)=N/O.[CH2-]Cl.[Co+2]. The molecule has 0 saturated carbocycles. The monoisotopic (exact) mass is 424 g/mol. The molecule has 0 aromatic rings. The van der Waals surface area contributed by atoms with Crippen molar-refractivity contribution in [3.63, 3.8) is 0 Å². The fourth-order valence-electron chi connectivity index (χ4n) is 1.03. The van der Waals surface area contributed by atoms with E-state index in [-0.39, 0.29) is 16.8 Å². The average Bonchev–Trinajstić information content (AvgIpc) is 2.69. The molecule has 1 aliphatic rings. The van der Waals surface area contributed by atoms with Crippen molar-refractivity contribution in [3.8, 4) is 0 Å². The van der Waals surface area contributed by atoms with Crippen molar-refractivity contribution in [2.45, 2.75) is 47.0 Å². The Labute approximate surface area is 164 Å². The zero-order chi connectivity index (χ0) is 19.4. The third-order valence-electron chi connectivity index (χ3n) is 2.78. The molecule has 1 heterocycles. The molecule has 0 spiro atoms. The molecule has 0 unspecified atom stereocenters. The molecule has 0 aliphatic carbocycles. The van der Waals surface area contributed by atoms with Crippen LogP contribution >= 0.6 is 11.6 Å². The molecule has 0 amide bonds. The maximum Gasteiger partial charge on any atom is 2.00 e. The number of hydrogen-bond donors (Lipinski definition) is 4. The molecule has 25 heavy (non-hydrogen) atoms. The molecule has 1 aliphatic heterocycles. The van der Waals surface area contributed by atoms with Gasteiger partial charge in [-0.25, -0.2) is 0 Å². The second-order valence-electron chi connectivity index (χ2n) is 4.47. The number of nitrogens with zero attached hydrogens (tertiary/aromatic N) is 5. The Bertz CT molecular complexity index is 339.